The molecule has 9 aliphatic rings. The number of carboxylic acids is 4. The Morgan fingerprint density at radius 1 is 0.376 bits per heavy atom. The van der Waals surface area contributed by atoms with E-state index in [1.54, 1.807) is 119 Å². The molecule has 4 aliphatic carbocycles. The van der Waals surface area contributed by atoms with Gasteiger partial charge in [-0.1, -0.05) is 168 Å². The minimum absolute atomic E-state index is 0.000484. The Morgan fingerprint density at radius 2 is 0.752 bits per heavy atom. The molecule has 4 spiro atoms. The van der Waals surface area contributed by atoms with Crippen LogP contribution in [0.2, 0.25) is 20.1 Å². The number of nitrogens with one attached hydrogen (secondary N) is 4. The van der Waals surface area contributed by atoms with Crippen molar-refractivity contribution in [3.63, 3.8) is 0 Å². The van der Waals surface area contributed by atoms with E-state index in [4.69, 9.17) is 56.2 Å². The minimum Gasteiger partial charge on any atom is -0.481 e. The van der Waals surface area contributed by atoms with Gasteiger partial charge in [-0.2, -0.15) is 0 Å². The van der Waals surface area contributed by atoms with Crippen LogP contribution in [0.25, 0.3) is 78.0 Å². The number of morpholine rings is 1. The van der Waals surface area contributed by atoms with Gasteiger partial charge >= 0.3 is 23.9 Å². The van der Waals surface area contributed by atoms with E-state index < -0.39 is 45.5 Å². The lowest BCUT2D eigenvalue weighted by molar-refractivity contribution is -0.136. The standard InChI is InChI=1S/C29H20ClFN2O3.C29H21ClN2O3.C28H20ClN3O3.C28H25ClN2O4/c1-15-2-3-18(10-20(15)27(34)35)23-14-29(23)22-12-21(24(30)13-26(22)33-28(29)36)17-4-5-19(25(31)11-17)16-6-8-32-9-7-16;30-25-14-26-23(13-22(25)19-8-6-18(7-9-19)21-5-2-10-31-16-21)29(28(35)32-26)15-24(29)20-4-1-3-17(11-20)12-27(33)34;1-15-2-3-17(10-19(15)26(33)34)22-13-28(22)21-11-20(23(29)12-25(21)32-27(28)35)24-5-4-18(14-31-24)16-6-8-30-9-7-16;1-16-2-3-18(12-20(16)26(32)33)23-15-28(23)22-13-21(24(29)14-25(22)30-27(28)34)17-4-6-19(7-5-17)31-8-10-35-11-9-31/h2-13,23H,14H2,1H3,(H,33,36)(H,34,35);1-11,13-14,16,24H,12,15H2,(H,32,35)(H,33,34);2-12,14,22H,13H2,1H3,(H,32,35)(H,33,34);2-7,12-14,23H,8-11,15H2,1H3,(H,30,34)(H,32,33). The topological polar surface area (TPSA) is 330 Å². The van der Waals surface area contributed by atoms with E-state index in [2.05, 4.69) is 70.4 Å². The van der Waals surface area contributed by atoms with Crippen molar-refractivity contribution < 1.29 is 67.9 Å². The highest BCUT2D eigenvalue weighted by molar-refractivity contribution is 6.36. The third-order valence-corrected chi connectivity index (χ3v) is 30.5. The summed E-state index contributed by atoms with van der Waals surface area (Å²) in [5.74, 6) is -4.78. The van der Waals surface area contributed by atoms with Crippen LogP contribution in [0.15, 0.2) is 286 Å². The molecule has 5 fully saturated rings. The number of anilines is 5. The van der Waals surface area contributed by atoms with Gasteiger partial charge in [-0.05, 0) is 273 Å². The molecule has 8 N–H and O–H groups in total. The number of hydrogen-bond acceptors (Lipinski definition) is 14. The zero-order valence-corrected chi connectivity index (χ0v) is 78.9. The number of aromatic carboxylic acids is 3. The van der Waals surface area contributed by atoms with Crippen LogP contribution in [0.1, 0.15) is 147 Å². The van der Waals surface area contributed by atoms with Gasteiger partial charge in [0.1, 0.15) is 5.82 Å². The molecular weight excluding hydrogens is 1860 g/mol. The van der Waals surface area contributed by atoms with Gasteiger partial charge in [0.2, 0.25) is 23.6 Å². The summed E-state index contributed by atoms with van der Waals surface area (Å²) in [5, 5.41) is 51.8. The second-order valence-electron chi connectivity index (χ2n) is 37.3. The predicted molar refractivity (Wildman–Crippen MR) is 541 cm³/mol. The molecule has 1 saturated heterocycles. The van der Waals surface area contributed by atoms with Crippen molar-refractivity contribution in [3.8, 4) is 78.0 Å². The Kier molecular flexibility index (Phi) is 23.6. The van der Waals surface area contributed by atoms with E-state index in [9.17, 15) is 53.7 Å². The number of hydrogen-bond donors (Lipinski definition) is 8. The first-order valence-electron chi connectivity index (χ1n) is 46.0. The number of carboxylic acid groups (broad SMARTS) is 4. The smallest absolute Gasteiger partial charge is 0.335 e. The molecule has 5 aliphatic heterocycles. The molecule has 0 bridgehead atoms. The number of carbonyl (C=O) groups is 8. The van der Waals surface area contributed by atoms with Gasteiger partial charge in [0.25, 0.3) is 0 Å². The fourth-order valence-electron chi connectivity index (χ4n) is 21.4. The van der Waals surface area contributed by atoms with E-state index in [-0.39, 0.29) is 76.2 Å². The van der Waals surface area contributed by atoms with Crippen molar-refractivity contribution in [2.45, 2.75) is 98.2 Å². The summed E-state index contributed by atoms with van der Waals surface area (Å²) >= 11 is 26.6. The first kappa shape index (κ1) is 92.0. The third-order valence-electron chi connectivity index (χ3n) is 29.3. The van der Waals surface area contributed by atoms with E-state index in [1.165, 1.54) is 6.07 Å². The quantitative estimate of drug-likeness (QED) is 0.0420. The van der Waals surface area contributed by atoms with Crippen LogP contribution < -0.4 is 26.2 Å². The first-order chi connectivity index (χ1) is 68.0. The lowest BCUT2D eigenvalue weighted by Crippen LogP contribution is -2.36. The summed E-state index contributed by atoms with van der Waals surface area (Å²) in [6, 6.07) is 75.5. The summed E-state index contributed by atoms with van der Waals surface area (Å²) in [7, 11) is 0. The molecule has 8 atom stereocenters. The Morgan fingerprint density at radius 3 is 1.16 bits per heavy atom. The fraction of sp³-hybridized carbons (Fsp3) is 0.175. The number of nitrogens with zero attached hydrogens (tertiary/aromatic N) is 5. The molecule has 0 radical (unpaired) electrons. The largest absolute Gasteiger partial charge is 0.481 e. The van der Waals surface area contributed by atoms with Crippen molar-refractivity contribution in [3.05, 3.63) is 395 Å². The van der Waals surface area contributed by atoms with Crippen LogP contribution >= 0.6 is 46.4 Å². The number of benzene rings is 11. The van der Waals surface area contributed by atoms with Crippen LogP contribution in [0.3, 0.4) is 0 Å². The van der Waals surface area contributed by atoms with E-state index >= 15 is 4.39 Å². The Bertz CT molecular complexity index is 7770. The monoisotopic (exact) mass is 1950 g/mol. The van der Waals surface area contributed by atoms with Gasteiger partial charge in [0.15, 0.2) is 0 Å². The molecule has 27 heteroatoms. The van der Waals surface area contributed by atoms with Gasteiger partial charge in [-0.15, -0.1) is 0 Å². The normalized spacial score (nSPS) is 20.6. The maximum atomic E-state index is 15.1. The van der Waals surface area contributed by atoms with Gasteiger partial charge < -0.3 is 51.3 Å². The number of aliphatic carboxylic acids is 1. The van der Waals surface area contributed by atoms with Crippen molar-refractivity contribution in [1.29, 1.82) is 0 Å². The van der Waals surface area contributed by atoms with Crippen LogP contribution in [0.5, 0.6) is 0 Å². The van der Waals surface area contributed by atoms with Gasteiger partial charge in [-0.25, -0.2) is 18.8 Å². The molecule has 9 heterocycles. The number of rotatable bonds is 17. The highest BCUT2D eigenvalue weighted by atomic mass is 35.5. The number of fused-ring (bicyclic) bond motifs is 8. The van der Waals surface area contributed by atoms with Crippen molar-refractivity contribution in [2.24, 2.45) is 0 Å². The molecule has 11 aromatic carbocycles. The number of carbonyl (C=O) groups excluding carboxylic acids is 4. The van der Waals surface area contributed by atoms with Crippen LogP contribution in [0.4, 0.5) is 32.8 Å². The predicted octanol–water partition coefficient (Wildman–Crippen LogP) is 23.7. The molecule has 8 unspecified atom stereocenters. The number of aryl methyl sites for hydroxylation is 3. The average Bonchev–Trinajstić information content (AvgIpc) is 1.53. The van der Waals surface area contributed by atoms with Crippen molar-refractivity contribution in [1.82, 2.24) is 19.9 Å². The zero-order valence-electron chi connectivity index (χ0n) is 75.9. The molecule has 4 aromatic heterocycles. The SMILES string of the molecule is Cc1ccc(C2CC23C(=O)Nc2cc(Cl)c(-c4ccc(-c5ccncc5)c(F)c4)cc23)cc1C(=O)O.Cc1ccc(C2CC23C(=O)Nc2cc(Cl)c(-c4ccc(-c5ccncc5)cn4)cc23)cc1C(=O)O.Cc1ccc(C2CC23C(=O)Nc2cc(Cl)c(-c4ccc(N5CCOCC5)cc4)cc23)cc1C(=O)O.O=C(O)Cc1cccc(C2CC23C(=O)Nc2cc(Cl)c(-c4ccc(-c5cccnc5)cc4)cc23)c1. The number of aromatic nitrogens is 4. The van der Waals surface area contributed by atoms with E-state index in [0.29, 0.717) is 96.2 Å². The minimum atomic E-state index is -0.994. The molecular formula is C114H86Cl4FN9O13. The van der Waals surface area contributed by atoms with Gasteiger partial charge in [-0.3, -0.25) is 43.9 Å². The van der Waals surface area contributed by atoms with Gasteiger partial charge in [0, 0.05) is 142 Å². The fourth-order valence-corrected chi connectivity index (χ4v) is 22.5. The first-order valence-corrected chi connectivity index (χ1v) is 47.5. The third kappa shape index (κ3) is 16.5. The highest BCUT2D eigenvalue weighted by Gasteiger charge is 2.69. The lowest BCUT2D eigenvalue weighted by atomic mass is 9.89. The number of pyridine rings is 4. The molecule has 22 nitrogen and oxygen atoms in total. The van der Waals surface area contributed by atoms with Gasteiger partial charge in [0.05, 0.1) is 83.8 Å². The Labute approximate surface area is 828 Å². The summed E-state index contributed by atoms with van der Waals surface area (Å²) in [5.41, 5.74) is 23.5. The molecule has 15 aromatic rings. The lowest BCUT2D eigenvalue weighted by Gasteiger charge is -2.29. The summed E-state index contributed by atoms with van der Waals surface area (Å²) in [6.07, 6.45) is 14.6. The second-order valence-corrected chi connectivity index (χ2v) is 38.9. The second kappa shape index (κ2) is 36.1. The van der Waals surface area contributed by atoms with Crippen molar-refractivity contribution in [2.75, 3.05) is 52.5 Å². The summed E-state index contributed by atoms with van der Waals surface area (Å²) < 4.78 is 20.5. The number of halogens is 5. The van der Waals surface area contributed by atoms with Crippen LogP contribution in [-0.4, -0.2) is 114 Å². The maximum Gasteiger partial charge on any atom is 0.335 e. The Hall–Kier alpha value is -15.4. The van der Waals surface area contributed by atoms with Crippen LogP contribution in [-0.2, 0) is 56.8 Å². The number of amides is 4. The molecule has 24 rings (SSSR count). The van der Waals surface area contributed by atoms with Crippen molar-refractivity contribution >= 4 is 122 Å². The molecule has 141 heavy (non-hydrogen) atoms. The Balaban J connectivity index is 0.000000111. The summed E-state index contributed by atoms with van der Waals surface area (Å²) in [6.45, 7) is 8.52. The molecule has 700 valence electrons. The number of ether oxygens (including phenoxy) is 1. The van der Waals surface area contributed by atoms with E-state index in [0.717, 1.165) is 149 Å². The molecule has 4 amide bonds. The molecule has 4 saturated carbocycles. The maximum absolute atomic E-state index is 15.1. The summed E-state index contributed by atoms with van der Waals surface area (Å²) in [4.78, 5) is 118. The average molecular weight is 1950 g/mol. The van der Waals surface area contributed by atoms with Crippen LogP contribution in [0, 0.1) is 26.6 Å². The van der Waals surface area contributed by atoms with E-state index in [1.807, 2.05) is 158 Å². The zero-order chi connectivity index (χ0) is 98.0. The highest BCUT2D eigenvalue weighted by Crippen LogP contribution is 2.70.